The number of rotatable bonds is 2. The van der Waals surface area contributed by atoms with Gasteiger partial charge in [-0.25, -0.2) is 9.97 Å². The lowest BCUT2D eigenvalue weighted by molar-refractivity contribution is 0.700. The van der Waals surface area contributed by atoms with Crippen molar-refractivity contribution in [3.63, 3.8) is 0 Å². The first-order chi connectivity index (χ1) is 11.4. The van der Waals surface area contributed by atoms with Gasteiger partial charge in [0.15, 0.2) is 0 Å². The molecule has 0 saturated heterocycles. The number of thiophene rings is 1. The highest BCUT2D eigenvalue weighted by Crippen LogP contribution is 2.39. The van der Waals surface area contributed by atoms with Crippen LogP contribution >= 0.6 is 11.3 Å². The van der Waals surface area contributed by atoms with Gasteiger partial charge >= 0.3 is 0 Å². The van der Waals surface area contributed by atoms with Crippen LogP contribution in [0.15, 0.2) is 29.5 Å². The summed E-state index contributed by atoms with van der Waals surface area (Å²) in [5, 5.41) is 4.73. The third-order valence-corrected chi connectivity index (χ3v) is 5.85. The van der Waals surface area contributed by atoms with Crippen LogP contribution < -0.4 is 5.32 Å². The van der Waals surface area contributed by atoms with Gasteiger partial charge in [0.1, 0.15) is 17.0 Å². The summed E-state index contributed by atoms with van der Waals surface area (Å²) in [6.45, 7) is 0.797. The van der Waals surface area contributed by atoms with E-state index in [1.54, 1.807) is 6.33 Å². The Balaban J connectivity index is 1.60. The summed E-state index contributed by atoms with van der Waals surface area (Å²) < 4.78 is 0. The molecule has 5 heteroatoms. The smallest absolute Gasteiger partial charge is 0.142 e. The highest BCUT2D eigenvalue weighted by molar-refractivity contribution is 7.19. The van der Waals surface area contributed by atoms with Gasteiger partial charge in [-0.2, -0.15) is 0 Å². The standard InChI is InChI=1S/C18H16N4S/c1-2-4-15-14(3-1)16-17(20-10-21-18(16)23-15)22-13-6-5-11-8-19-9-12(11)7-13/h5-7,9-10H,1-4,8H2,(H,20,21,22). The van der Waals surface area contributed by atoms with Crippen molar-refractivity contribution in [3.05, 3.63) is 46.1 Å². The van der Waals surface area contributed by atoms with Crippen LogP contribution in [-0.2, 0) is 19.4 Å². The zero-order valence-corrected chi connectivity index (χ0v) is 13.5. The fourth-order valence-corrected chi connectivity index (χ4v) is 4.73. The Hall–Kier alpha value is -2.27. The first-order valence-corrected chi connectivity index (χ1v) is 8.85. The van der Waals surface area contributed by atoms with Crippen molar-refractivity contribution in [2.75, 3.05) is 5.32 Å². The molecule has 1 N–H and O–H groups in total. The van der Waals surface area contributed by atoms with Gasteiger partial charge in [-0.05, 0) is 54.5 Å². The fraction of sp³-hybridized carbons (Fsp3) is 0.278. The molecule has 1 aromatic carbocycles. The number of aromatic nitrogens is 2. The lowest BCUT2D eigenvalue weighted by atomic mass is 9.97. The second-order valence-electron chi connectivity index (χ2n) is 6.12. The van der Waals surface area contributed by atoms with E-state index in [0.717, 1.165) is 29.3 Å². The number of hydrogen-bond donors (Lipinski definition) is 1. The Labute approximate surface area is 138 Å². The van der Waals surface area contributed by atoms with Gasteiger partial charge in [-0.15, -0.1) is 11.3 Å². The first kappa shape index (κ1) is 13.2. The van der Waals surface area contributed by atoms with Crippen LogP contribution in [0.5, 0.6) is 0 Å². The average Bonchev–Trinajstić information content (AvgIpc) is 3.18. The van der Waals surface area contributed by atoms with Gasteiger partial charge in [0.05, 0.1) is 11.9 Å². The number of benzene rings is 1. The zero-order valence-electron chi connectivity index (χ0n) is 12.7. The molecule has 0 amide bonds. The minimum Gasteiger partial charge on any atom is -0.340 e. The van der Waals surface area contributed by atoms with Crippen LogP contribution in [0, 0.1) is 0 Å². The number of aryl methyl sites for hydroxylation is 2. The summed E-state index contributed by atoms with van der Waals surface area (Å²) in [5.41, 5.74) is 5.01. The molecule has 1 aliphatic carbocycles. The molecule has 0 atom stereocenters. The summed E-state index contributed by atoms with van der Waals surface area (Å²) in [4.78, 5) is 15.9. The summed E-state index contributed by atoms with van der Waals surface area (Å²) >= 11 is 1.83. The molecule has 4 nitrogen and oxygen atoms in total. The highest BCUT2D eigenvalue weighted by atomic mass is 32.1. The van der Waals surface area contributed by atoms with Crippen molar-refractivity contribution < 1.29 is 0 Å². The molecule has 1 aliphatic heterocycles. The minimum atomic E-state index is 0.797. The summed E-state index contributed by atoms with van der Waals surface area (Å²) in [7, 11) is 0. The fourth-order valence-electron chi connectivity index (χ4n) is 3.50. The van der Waals surface area contributed by atoms with Crippen molar-refractivity contribution in [1.29, 1.82) is 0 Å². The predicted octanol–water partition coefficient (Wildman–Crippen LogP) is 4.25. The molecule has 0 radical (unpaired) electrons. The maximum atomic E-state index is 4.53. The molecule has 23 heavy (non-hydrogen) atoms. The number of fused-ring (bicyclic) bond motifs is 4. The van der Waals surface area contributed by atoms with Crippen LogP contribution in [0.2, 0.25) is 0 Å². The molecule has 2 aliphatic rings. The molecule has 114 valence electrons. The molecular formula is C18H16N4S. The van der Waals surface area contributed by atoms with Gasteiger partial charge in [0.25, 0.3) is 0 Å². The van der Waals surface area contributed by atoms with Crippen LogP contribution in [0.25, 0.3) is 10.2 Å². The summed E-state index contributed by atoms with van der Waals surface area (Å²) in [5.74, 6) is 0.935. The molecule has 3 aromatic rings. The maximum absolute atomic E-state index is 4.53. The Morgan fingerprint density at radius 3 is 3.04 bits per heavy atom. The SMILES string of the molecule is C1=NCc2ccc(Nc3ncnc4sc5c(c34)CCCC5)cc21. The number of nitrogens with zero attached hydrogens (tertiary/aromatic N) is 3. The molecule has 0 unspecified atom stereocenters. The van der Waals surface area contributed by atoms with E-state index in [4.69, 9.17) is 0 Å². The number of aliphatic imine (C=N–C) groups is 1. The van der Waals surface area contributed by atoms with Crippen molar-refractivity contribution in [2.45, 2.75) is 32.2 Å². The maximum Gasteiger partial charge on any atom is 0.142 e. The van der Waals surface area contributed by atoms with E-state index in [0.29, 0.717) is 0 Å². The molecule has 2 aromatic heterocycles. The van der Waals surface area contributed by atoms with Crippen molar-refractivity contribution in [3.8, 4) is 0 Å². The van der Waals surface area contributed by atoms with Gasteiger partial charge in [0.2, 0.25) is 0 Å². The molecule has 0 bridgehead atoms. The lowest BCUT2D eigenvalue weighted by Crippen LogP contribution is -2.01. The van der Waals surface area contributed by atoms with Gasteiger partial charge in [-0.1, -0.05) is 6.07 Å². The van der Waals surface area contributed by atoms with E-state index >= 15 is 0 Å². The van der Waals surface area contributed by atoms with E-state index in [-0.39, 0.29) is 0 Å². The van der Waals surface area contributed by atoms with E-state index in [2.05, 4.69) is 38.5 Å². The van der Waals surface area contributed by atoms with Crippen molar-refractivity contribution >= 4 is 39.3 Å². The first-order valence-electron chi connectivity index (χ1n) is 8.03. The number of hydrogen-bond acceptors (Lipinski definition) is 5. The minimum absolute atomic E-state index is 0.797. The second-order valence-corrected chi connectivity index (χ2v) is 7.21. The largest absolute Gasteiger partial charge is 0.340 e. The second kappa shape index (κ2) is 5.13. The topological polar surface area (TPSA) is 50.2 Å². The third-order valence-electron chi connectivity index (χ3n) is 4.65. The molecule has 0 saturated carbocycles. The van der Waals surface area contributed by atoms with Gasteiger partial charge in [-0.3, -0.25) is 4.99 Å². The molecule has 0 spiro atoms. The highest BCUT2D eigenvalue weighted by Gasteiger charge is 2.20. The number of nitrogens with one attached hydrogen (secondary N) is 1. The van der Waals surface area contributed by atoms with E-state index in [1.165, 1.54) is 46.2 Å². The van der Waals surface area contributed by atoms with Crippen molar-refractivity contribution in [1.82, 2.24) is 9.97 Å². The molecule has 5 rings (SSSR count). The monoisotopic (exact) mass is 320 g/mol. The number of anilines is 2. The van der Waals surface area contributed by atoms with Crippen LogP contribution in [-0.4, -0.2) is 16.2 Å². The lowest BCUT2D eigenvalue weighted by Gasteiger charge is -2.12. The molecule has 0 fully saturated rings. The Morgan fingerprint density at radius 1 is 1.09 bits per heavy atom. The van der Waals surface area contributed by atoms with E-state index < -0.39 is 0 Å². The van der Waals surface area contributed by atoms with Gasteiger partial charge in [0, 0.05) is 16.8 Å². The predicted molar refractivity (Wildman–Crippen MR) is 95.1 cm³/mol. The summed E-state index contributed by atoms with van der Waals surface area (Å²) in [6, 6.07) is 6.41. The van der Waals surface area contributed by atoms with Crippen LogP contribution in [0.1, 0.15) is 34.4 Å². The van der Waals surface area contributed by atoms with Gasteiger partial charge < -0.3 is 5.32 Å². The molecular weight excluding hydrogens is 304 g/mol. The average molecular weight is 320 g/mol. The van der Waals surface area contributed by atoms with Crippen LogP contribution in [0.3, 0.4) is 0 Å². The van der Waals surface area contributed by atoms with E-state index in [9.17, 15) is 0 Å². The quantitative estimate of drug-likeness (QED) is 0.768. The zero-order chi connectivity index (χ0) is 15.2. The van der Waals surface area contributed by atoms with Crippen molar-refractivity contribution in [2.24, 2.45) is 4.99 Å². The summed E-state index contributed by atoms with van der Waals surface area (Å²) in [6.07, 6.45) is 8.51. The Kier molecular flexibility index (Phi) is 2.94. The normalized spacial score (nSPS) is 15.7. The Morgan fingerprint density at radius 2 is 2.04 bits per heavy atom. The molecule has 3 heterocycles. The third kappa shape index (κ3) is 2.15. The Bertz CT molecular complexity index is 942. The van der Waals surface area contributed by atoms with E-state index in [1.807, 2.05) is 17.6 Å². The van der Waals surface area contributed by atoms with Crippen LogP contribution in [0.4, 0.5) is 11.5 Å².